The average molecular weight is 453 g/mol. The van der Waals surface area contributed by atoms with Crippen molar-refractivity contribution in [2.45, 2.75) is 24.5 Å². The lowest BCUT2D eigenvalue weighted by Crippen LogP contribution is -2.48. The minimum atomic E-state index is -3.88. The van der Waals surface area contributed by atoms with E-state index in [9.17, 15) is 13.2 Å². The van der Waals surface area contributed by atoms with E-state index < -0.39 is 22.0 Å². The highest BCUT2D eigenvalue weighted by Crippen LogP contribution is 2.37. The molecule has 0 saturated carbocycles. The van der Waals surface area contributed by atoms with E-state index in [-0.39, 0.29) is 11.4 Å². The number of hydrogen-bond acceptors (Lipinski definition) is 5. The zero-order chi connectivity index (χ0) is 22.7. The lowest BCUT2D eigenvalue weighted by molar-refractivity contribution is -0.122. The van der Waals surface area contributed by atoms with Crippen LogP contribution in [0.15, 0.2) is 77.7 Å². The molecule has 1 N–H and O–H groups in total. The zero-order valence-electron chi connectivity index (χ0n) is 17.8. The fourth-order valence-electron chi connectivity index (χ4n) is 3.57. The van der Waals surface area contributed by atoms with E-state index in [0.29, 0.717) is 23.7 Å². The van der Waals surface area contributed by atoms with Gasteiger partial charge >= 0.3 is 0 Å². The van der Waals surface area contributed by atoms with Gasteiger partial charge in [-0.05, 0) is 54.4 Å². The van der Waals surface area contributed by atoms with Crippen LogP contribution in [-0.2, 0) is 26.2 Å². The van der Waals surface area contributed by atoms with Gasteiger partial charge in [0.05, 0.1) is 23.7 Å². The minimum Gasteiger partial charge on any atom is -0.476 e. The highest BCUT2D eigenvalue weighted by molar-refractivity contribution is 7.92. The normalized spacial score (nSPS) is 15.6. The molecule has 32 heavy (non-hydrogen) atoms. The molecule has 1 aliphatic rings. The van der Waals surface area contributed by atoms with Gasteiger partial charge in [-0.1, -0.05) is 36.4 Å². The predicted molar refractivity (Wildman–Crippen MR) is 122 cm³/mol. The number of anilines is 2. The summed E-state index contributed by atoms with van der Waals surface area (Å²) in [5, 5.41) is 2.83. The van der Waals surface area contributed by atoms with Gasteiger partial charge in [0.15, 0.2) is 6.10 Å². The Morgan fingerprint density at radius 2 is 1.88 bits per heavy atom. The van der Waals surface area contributed by atoms with Crippen molar-refractivity contribution in [3.05, 3.63) is 83.9 Å². The third-order valence-corrected chi connectivity index (χ3v) is 6.91. The number of methoxy groups -OCH3 is 1. The smallest absolute Gasteiger partial charge is 0.267 e. The van der Waals surface area contributed by atoms with Gasteiger partial charge in [-0.25, -0.2) is 8.42 Å². The van der Waals surface area contributed by atoms with Crippen LogP contribution in [0.1, 0.15) is 11.1 Å². The molecule has 8 heteroatoms. The molecule has 0 radical (unpaired) electrons. The molecule has 166 valence electrons. The van der Waals surface area contributed by atoms with Crippen LogP contribution in [0.25, 0.3) is 0 Å². The molecule has 1 heterocycles. The molecule has 7 nitrogen and oxygen atoms in total. The Kier molecular flexibility index (Phi) is 6.16. The minimum absolute atomic E-state index is 0.142. The largest absolute Gasteiger partial charge is 0.476 e. The molecule has 1 unspecified atom stereocenters. The standard InChI is InChI=1S/C24H24N2O5S/c1-17-11-12-21-22(13-17)31-23(15-26(21)32(28,29)20-9-4-3-5-10-20)24(27)25-19-8-6-7-18(14-19)16-30-2/h3-14,23H,15-16H2,1-2H3,(H,25,27). The number of sulfonamides is 1. The lowest BCUT2D eigenvalue weighted by atomic mass is 10.1. The summed E-state index contributed by atoms with van der Waals surface area (Å²) >= 11 is 0. The summed E-state index contributed by atoms with van der Waals surface area (Å²) in [6.45, 7) is 2.15. The molecule has 0 aromatic heterocycles. The number of aryl methyl sites for hydroxylation is 1. The highest BCUT2D eigenvalue weighted by Gasteiger charge is 2.37. The third-order valence-electron chi connectivity index (χ3n) is 5.11. The summed E-state index contributed by atoms with van der Waals surface area (Å²) in [5.74, 6) is -0.0796. The molecule has 0 fully saturated rings. The van der Waals surface area contributed by atoms with Crippen molar-refractivity contribution in [1.82, 2.24) is 0 Å². The first kappa shape index (κ1) is 21.9. The van der Waals surface area contributed by atoms with Crippen molar-refractivity contribution in [2.75, 3.05) is 23.3 Å². The van der Waals surface area contributed by atoms with E-state index in [2.05, 4.69) is 5.32 Å². The summed E-state index contributed by atoms with van der Waals surface area (Å²) in [7, 11) is -2.29. The highest BCUT2D eigenvalue weighted by atomic mass is 32.2. The van der Waals surface area contributed by atoms with Crippen LogP contribution < -0.4 is 14.4 Å². The maximum atomic E-state index is 13.4. The zero-order valence-corrected chi connectivity index (χ0v) is 18.6. The Labute approximate surface area is 187 Å². The molecular formula is C24H24N2O5S. The average Bonchev–Trinajstić information content (AvgIpc) is 2.79. The monoisotopic (exact) mass is 452 g/mol. The van der Waals surface area contributed by atoms with E-state index in [1.54, 1.807) is 49.6 Å². The molecule has 4 rings (SSSR count). The van der Waals surface area contributed by atoms with Gasteiger partial charge in [-0.2, -0.15) is 0 Å². The number of benzene rings is 3. The number of nitrogens with one attached hydrogen (secondary N) is 1. The second kappa shape index (κ2) is 9.02. The molecule has 1 atom stereocenters. The maximum absolute atomic E-state index is 13.4. The lowest BCUT2D eigenvalue weighted by Gasteiger charge is -2.35. The van der Waals surface area contributed by atoms with Crippen molar-refractivity contribution < 1.29 is 22.7 Å². The first-order valence-corrected chi connectivity index (χ1v) is 11.6. The molecule has 1 amide bonds. The Morgan fingerprint density at radius 3 is 2.62 bits per heavy atom. The van der Waals surface area contributed by atoms with E-state index in [0.717, 1.165) is 11.1 Å². The number of carbonyl (C=O) groups is 1. The number of amides is 1. The number of ether oxygens (including phenoxy) is 2. The van der Waals surface area contributed by atoms with Crippen LogP contribution in [0, 0.1) is 6.92 Å². The topological polar surface area (TPSA) is 84.9 Å². The predicted octanol–water partition coefficient (Wildman–Crippen LogP) is 3.74. The summed E-state index contributed by atoms with van der Waals surface area (Å²) in [4.78, 5) is 13.2. The molecule has 0 spiro atoms. The molecule has 0 bridgehead atoms. The Balaban J connectivity index is 1.65. The summed E-state index contributed by atoms with van der Waals surface area (Å²) < 4.78 is 39.1. The fraction of sp³-hybridized carbons (Fsp3) is 0.208. The number of carbonyl (C=O) groups excluding carboxylic acids is 1. The van der Waals surface area contributed by atoms with E-state index in [4.69, 9.17) is 9.47 Å². The first-order chi connectivity index (χ1) is 15.4. The van der Waals surface area contributed by atoms with E-state index >= 15 is 0 Å². The van der Waals surface area contributed by atoms with Crippen LogP contribution in [-0.4, -0.2) is 34.1 Å². The van der Waals surface area contributed by atoms with Crippen molar-refractivity contribution in [3.8, 4) is 5.75 Å². The molecule has 0 saturated heterocycles. The number of rotatable bonds is 6. The van der Waals surface area contributed by atoms with Crippen molar-refractivity contribution in [3.63, 3.8) is 0 Å². The molecule has 0 aliphatic carbocycles. The van der Waals surface area contributed by atoms with Crippen LogP contribution >= 0.6 is 0 Å². The number of hydrogen-bond donors (Lipinski definition) is 1. The van der Waals surface area contributed by atoms with Gasteiger partial charge in [-0.3, -0.25) is 9.10 Å². The van der Waals surface area contributed by atoms with Gasteiger partial charge in [0.1, 0.15) is 5.75 Å². The Hall–Kier alpha value is -3.36. The molecule has 3 aromatic carbocycles. The number of nitrogens with zero attached hydrogens (tertiary/aromatic N) is 1. The summed E-state index contributed by atoms with van der Waals surface area (Å²) in [5.41, 5.74) is 2.80. The third kappa shape index (κ3) is 4.46. The Morgan fingerprint density at radius 1 is 1.09 bits per heavy atom. The van der Waals surface area contributed by atoms with Crippen LogP contribution in [0.2, 0.25) is 0 Å². The second-order valence-electron chi connectivity index (χ2n) is 7.55. The molecule has 3 aromatic rings. The van der Waals surface area contributed by atoms with Gasteiger partial charge in [0.2, 0.25) is 0 Å². The summed E-state index contributed by atoms with van der Waals surface area (Å²) in [6.07, 6.45) is -1.02. The Bertz CT molecular complexity index is 1230. The van der Waals surface area contributed by atoms with Crippen LogP contribution in [0.5, 0.6) is 5.75 Å². The maximum Gasteiger partial charge on any atom is 0.267 e. The van der Waals surface area contributed by atoms with E-state index in [1.165, 1.54) is 16.4 Å². The SMILES string of the molecule is COCc1cccc(NC(=O)C2CN(S(=O)(=O)c3ccccc3)c3ccc(C)cc3O2)c1. The summed E-state index contributed by atoms with van der Waals surface area (Å²) in [6, 6.07) is 20.7. The molecule has 1 aliphatic heterocycles. The second-order valence-corrected chi connectivity index (χ2v) is 9.41. The van der Waals surface area contributed by atoms with Crippen molar-refractivity contribution >= 4 is 27.3 Å². The van der Waals surface area contributed by atoms with Gasteiger partial charge in [0.25, 0.3) is 15.9 Å². The van der Waals surface area contributed by atoms with Crippen molar-refractivity contribution in [1.29, 1.82) is 0 Å². The first-order valence-electron chi connectivity index (χ1n) is 10.1. The quantitative estimate of drug-likeness (QED) is 0.616. The van der Waals surface area contributed by atoms with Gasteiger partial charge < -0.3 is 14.8 Å². The van der Waals surface area contributed by atoms with Crippen LogP contribution in [0.4, 0.5) is 11.4 Å². The van der Waals surface area contributed by atoms with Gasteiger partial charge in [-0.15, -0.1) is 0 Å². The van der Waals surface area contributed by atoms with E-state index in [1.807, 2.05) is 25.1 Å². The fourth-order valence-corrected chi connectivity index (χ4v) is 5.07. The number of fused-ring (bicyclic) bond motifs is 1. The van der Waals surface area contributed by atoms with Gasteiger partial charge in [0, 0.05) is 12.8 Å². The molecular weight excluding hydrogens is 428 g/mol. The van der Waals surface area contributed by atoms with Crippen LogP contribution in [0.3, 0.4) is 0 Å². The van der Waals surface area contributed by atoms with Crippen molar-refractivity contribution in [2.24, 2.45) is 0 Å².